The fourth-order valence-corrected chi connectivity index (χ4v) is 3.01. The third kappa shape index (κ3) is 4.93. The normalized spacial score (nSPS) is 13.5. The molecule has 0 aliphatic heterocycles. The molecular formula is C12H16BrNO4S. The van der Waals surface area contributed by atoms with Crippen LogP contribution in [0.1, 0.15) is 20.3 Å². The quantitative estimate of drug-likeness (QED) is 0.824. The Bertz CT molecular complexity index is 539. The molecule has 0 amide bonds. The van der Waals surface area contributed by atoms with Crippen molar-refractivity contribution in [2.45, 2.75) is 31.2 Å². The van der Waals surface area contributed by atoms with Gasteiger partial charge in [0.25, 0.3) is 0 Å². The molecule has 2 N–H and O–H groups in total. The van der Waals surface area contributed by atoms with Gasteiger partial charge in [0, 0.05) is 4.47 Å². The van der Waals surface area contributed by atoms with Crippen molar-refractivity contribution in [3.8, 4) is 0 Å². The molecule has 0 aliphatic rings. The molecule has 0 heterocycles. The number of carboxylic acids is 1. The second-order valence-electron chi connectivity index (χ2n) is 4.60. The van der Waals surface area contributed by atoms with Crippen LogP contribution in [0.5, 0.6) is 0 Å². The van der Waals surface area contributed by atoms with Crippen molar-refractivity contribution < 1.29 is 18.3 Å². The van der Waals surface area contributed by atoms with E-state index in [9.17, 15) is 13.2 Å². The third-order valence-corrected chi connectivity index (χ3v) is 4.44. The number of halogens is 1. The summed E-state index contributed by atoms with van der Waals surface area (Å²) in [6.07, 6.45) is 0.241. The molecule has 0 aromatic heterocycles. The topological polar surface area (TPSA) is 83.5 Å². The molecule has 0 saturated carbocycles. The Morgan fingerprint density at radius 3 is 2.26 bits per heavy atom. The van der Waals surface area contributed by atoms with Gasteiger partial charge in [-0.25, -0.2) is 8.42 Å². The van der Waals surface area contributed by atoms with E-state index in [1.165, 1.54) is 12.1 Å². The van der Waals surface area contributed by atoms with Gasteiger partial charge in [-0.05, 0) is 36.6 Å². The first-order valence-corrected chi connectivity index (χ1v) is 8.00. The Kier molecular flexibility index (Phi) is 5.51. The van der Waals surface area contributed by atoms with Crippen LogP contribution in [0.25, 0.3) is 0 Å². The minimum absolute atomic E-state index is 0.0470. The van der Waals surface area contributed by atoms with Crippen molar-refractivity contribution in [2.75, 3.05) is 0 Å². The zero-order valence-corrected chi connectivity index (χ0v) is 13.0. The Morgan fingerprint density at radius 2 is 1.84 bits per heavy atom. The van der Waals surface area contributed by atoms with E-state index in [1.54, 1.807) is 12.1 Å². The molecule has 0 spiro atoms. The summed E-state index contributed by atoms with van der Waals surface area (Å²) in [4.78, 5) is 11.1. The van der Waals surface area contributed by atoms with Gasteiger partial charge in [-0.1, -0.05) is 29.8 Å². The standard InChI is InChI=1S/C12H16BrNO4S/c1-8(2)7-11(12(15)16)14-19(17,18)10-5-3-9(13)4-6-10/h3-6,8,11,14H,7H2,1-2H3,(H,15,16)/t11-/m1/s1. The maximum Gasteiger partial charge on any atom is 0.321 e. The van der Waals surface area contributed by atoms with Crippen LogP contribution < -0.4 is 4.72 Å². The lowest BCUT2D eigenvalue weighted by molar-refractivity contribution is -0.139. The summed E-state index contributed by atoms with van der Waals surface area (Å²) >= 11 is 3.21. The summed E-state index contributed by atoms with van der Waals surface area (Å²) in [5, 5.41) is 9.04. The molecule has 1 aromatic rings. The number of sulfonamides is 1. The van der Waals surface area contributed by atoms with Crippen LogP contribution in [-0.4, -0.2) is 25.5 Å². The van der Waals surface area contributed by atoms with Gasteiger partial charge in [0.2, 0.25) is 10.0 Å². The molecule has 7 heteroatoms. The SMILES string of the molecule is CC(C)C[C@@H](NS(=O)(=O)c1ccc(Br)cc1)C(=O)O. The Hall–Kier alpha value is -0.920. The smallest absolute Gasteiger partial charge is 0.321 e. The first kappa shape index (κ1) is 16.1. The van der Waals surface area contributed by atoms with E-state index in [0.717, 1.165) is 4.47 Å². The van der Waals surface area contributed by atoms with Gasteiger partial charge in [-0.2, -0.15) is 4.72 Å². The van der Waals surface area contributed by atoms with Gasteiger partial charge in [0.05, 0.1) is 4.90 Å². The summed E-state index contributed by atoms with van der Waals surface area (Å²) < 4.78 is 27.1. The number of nitrogens with one attached hydrogen (secondary N) is 1. The molecule has 1 aromatic carbocycles. The number of rotatable bonds is 6. The highest BCUT2D eigenvalue weighted by atomic mass is 79.9. The Morgan fingerprint density at radius 1 is 1.32 bits per heavy atom. The number of hydrogen-bond donors (Lipinski definition) is 2. The van der Waals surface area contributed by atoms with Crippen LogP contribution in [0.15, 0.2) is 33.6 Å². The molecule has 1 rings (SSSR count). The summed E-state index contributed by atoms with van der Waals surface area (Å²) in [7, 11) is -3.82. The highest BCUT2D eigenvalue weighted by Gasteiger charge is 2.25. The average Bonchev–Trinajstić information content (AvgIpc) is 2.27. The summed E-state index contributed by atoms with van der Waals surface area (Å²) in [5.41, 5.74) is 0. The monoisotopic (exact) mass is 349 g/mol. The highest BCUT2D eigenvalue weighted by Crippen LogP contribution is 2.16. The van der Waals surface area contributed by atoms with Crippen molar-refractivity contribution in [1.82, 2.24) is 4.72 Å². The largest absolute Gasteiger partial charge is 0.480 e. The van der Waals surface area contributed by atoms with E-state index in [2.05, 4.69) is 20.7 Å². The van der Waals surface area contributed by atoms with Crippen molar-refractivity contribution in [1.29, 1.82) is 0 Å². The van der Waals surface area contributed by atoms with Crippen LogP contribution in [0.3, 0.4) is 0 Å². The molecule has 0 bridgehead atoms. The molecule has 19 heavy (non-hydrogen) atoms. The van der Waals surface area contributed by atoms with Crippen molar-refractivity contribution in [2.24, 2.45) is 5.92 Å². The summed E-state index contributed by atoms with van der Waals surface area (Å²) in [5.74, 6) is -1.09. The summed E-state index contributed by atoms with van der Waals surface area (Å²) in [6, 6.07) is 4.90. The fourth-order valence-electron chi connectivity index (χ4n) is 1.54. The number of aliphatic carboxylic acids is 1. The van der Waals surface area contributed by atoms with Crippen LogP contribution in [0.2, 0.25) is 0 Å². The highest BCUT2D eigenvalue weighted by molar-refractivity contribution is 9.10. The average molecular weight is 350 g/mol. The lowest BCUT2D eigenvalue weighted by Crippen LogP contribution is -2.41. The van der Waals surface area contributed by atoms with Crippen molar-refractivity contribution in [3.63, 3.8) is 0 Å². The minimum atomic E-state index is -3.82. The van der Waals surface area contributed by atoms with Gasteiger partial charge in [0.15, 0.2) is 0 Å². The predicted molar refractivity (Wildman–Crippen MR) is 75.3 cm³/mol. The molecule has 0 radical (unpaired) electrons. The number of hydrogen-bond acceptors (Lipinski definition) is 3. The van der Waals surface area contributed by atoms with E-state index in [-0.39, 0.29) is 17.2 Å². The minimum Gasteiger partial charge on any atom is -0.480 e. The van der Waals surface area contributed by atoms with Crippen molar-refractivity contribution in [3.05, 3.63) is 28.7 Å². The van der Waals surface area contributed by atoms with E-state index in [4.69, 9.17) is 5.11 Å². The molecule has 106 valence electrons. The van der Waals surface area contributed by atoms with Crippen LogP contribution in [0, 0.1) is 5.92 Å². The Balaban J connectivity index is 2.94. The zero-order valence-electron chi connectivity index (χ0n) is 10.6. The molecule has 0 fully saturated rings. The Labute approximate surface area is 121 Å². The van der Waals surface area contributed by atoms with E-state index in [0.29, 0.717) is 0 Å². The molecule has 5 nitrogen and oxygen atoms in total. The van der Waals surface area contributed by atoms with E-state index in [1.807, 2.05) is 13.8 Å². The summed E-state index contributed by atoms with van der Waals surface area (Å²) in [6.45, 7) is 3.67. The maximum absolute atomic E-state index is 12.1. The van der Waals surface area contributed by atoms with Gasteiger partial charge < -0.3 is 5.11 Å². The molecular weight excluding hydrogens is 334 g/mol. The van der Waals surface area contributed by atoms with Gasteiger partial charge in [-0.15, -0.1) is 0 Å². The number of benzene rings is 1. The number of carboxylic acid groups (broad SMARTS) is 1. The van der Waals surface area contributed by atoms with Crippen molar-refractivity contribution >= 4 is 31.9 Å². The first-order chi connectivity index (χ1) is 8.72. The second-order valence-corrected chi connectivity index (χ2v) is 7.23. The van der Waals surface area contributed by atoms with Crippen LogP contribution in [0.4, 0.5) is 0 Å². The number of carbonyl (C=O) groups is 1. The lowest BCUT2D eigenvalue weighted by atomic mass is 10.1. The lowest BCUT2D eigenvalue weighted by Gasteiger charge is -2.16. The maximum atomic E-state index is 12.1. The molecule has 0 unspecified atom stereocenters. The predicted octanol–water partition coefficient (Wildman–Crippen LogP) is 2.23. The first-order valence-electron chi connectivity index (χ1n) is 5.73. The fraction of sp³-hybridized carbons (Fsp3) is 0.417. The van der Waals surface area contributed by atoms with Gasteiger partial charge in [0.1, 0.15) is 6.04 Å². The van der Waals surface area contributed by atoms with E-state index >= 15 is 0 Å². The molecule has 1 atom stereocenters. The van der Waals surface area contributed by atoms with E-state index < -0.39 is 22.0 Å². The van der Waals surface area contributed by atoms with Gasteiger partial charge in [-0.3, -0.25) is 4.79 Å². The van der Waals surface area contributed by atoms with Crippen LogP contribution >= 0.6 is 15.9 Å². The van der Waals surface area contributed by atoms with Gasteiger partial charge >= 0.3 is 5.97 Å². The second kappa shape index (κ2) is 6.49. The zero-order chi connectivity index (χ0) is 14.6. The molecule has 0 aliphatic carbocycles. The van der Waals surface area contributed by atoms with Crippen LogP contribution in [-0.2, 0) is 14.8 Å². The third-order valence-electron chi connectivity index (χ3n) is 2.43. The molecule has 0 saturated heterocycles.